The minimum absolute atomic E-state index is 0. The quantitative estimate of drug-likeness (QED) is 0.518. The highest BCUT2D eigenvalue weighted by molar-refractivity contribution is 5.81. The highest BCUT2D eigenvalue weighted by Gasteiger charge is 2.34. The molecule has 0 unspecified atom stereocenters. The predicted molar refractivity (Wildman–Crippen MR) is 100 cm³/mol. The fourth-order valence-corrected chi connectivity index (χ4v) is 2.27. The van der Waals surface area contributed by atoms with Gasteiger partial charge in [-0.15, -0.1) is 0 Å². The summed E-state index contributed by atoms with van der Waals surface area (Å²) in [5, 5.41) is 5.71. The standard InChI is InChI=1S/C16H28N2O5.C2H6.2H2/c1-3-22-9-6-17-16(21)13-10-14(11-13)18-15(20)5-8-23-7-4-12(2)19;1-2;;/h13-14H,3-11H2,1-2H3,(H,17,21)(H,18,20);1-2H3;2*1H. The number of rotatable bonds is 12. The molecule has 0 aromatic rings. The van der Waals surface area contributed by atoms with Gasteiger partial charge in [0.2, 0.25) is 11.8 Å². The maximum atomic E-state index is 11.8. The van der Waals surface area contributed by atoms with E-state index in [2.05, 4.69) is 10.6 Å². The molecule has 2 amide bonds. The summed E-state index contributed by atoms with van der Waals surface area (Å²) in [4.78, 5) is 34.2. The molecule has 2 N–H and O–H groups in total. The molecule has 0 heterocycles. The smallest absolute Gasteiger partial charge is 0.223 e. The second-order valence-electron chi connectivity index (χ2n) is 5.74. The summed E-state index contributed by atoms with van der Waals surface area (Å²) in [6, 6.07) is 0.0716. The van der Waals surface area contributed by atoms with E-state index < -0.39 is 0 Å². The fraction of sp³-hybridized carbons (Fsp3) is 0.833. The Balaban J connectivity index is -0.00000139. The molecule has 1 rings (SSSR count). The summed E-state index contributed by atoms with van der Waals surface area (Å²) < 4.78 is 10.4. The zero-order valence-corrected chi connectivity index (χ0v) is 16.1. The molecule has 25 heavy (non-hydrogen) atoms. The molecule has 0 spiro atoms. The van der Waals surface area contributed by atoms with Crippen LogP contribution >= 0.6 is 0 Å². The molecule has 7 heteroatoms. The molecule has 0 aliphatic heterocycles. The normalized spacial score (nSPS) is 18.4. The molecule has 1 fully saturated rings. The topological polar surface area (TPSA) is 93.7 Å². The first-order chi connectivity index (χ1) is 12.0. The van der Waals surface area contributed by atoms with E-state index >= 15 is 0 Å². The number of carbonyl (C=O) groups is 3. The lowest BCUT2D eigenvalue weighted by Crippen LogP contribution is -2.49. The maximum Gasteiger partial charge on any atom is 0.223 e. The minimum atomic E-state index is -0.0759. The lowest BCUT2D eigenvalue weighted by atomic mass is 9.79. The number of amides is 2. The molecule has 0 radical (unpaired) electrons. The van der Waals surface area contributed by atoms with E-state index in [1.165, 1.54) is 6.92 Å². The van der Waals surface area contributed by atoms with Gasteiger partial charge in [-0.05, 0) is 26.7 Å². The van der Waals surface area contributed by atoms with Crippen LogP contribution < -0.4 is 10.6 Å². The molecular weight excluding hydrogens is 324 g/mol. The molecule has 0 atom stereocenters. The van der Waals surface area contributed by atoms with E-state index in [9.17, 15) is 14.4 Å². The van der Waals surface area contributed by atoms with Crippen molar-refractivity contribution in [3.05, 3.63) is 0 Å². The molecule has 1 saturated carbocycles. The summed E-state index contributed by atoms with van der Waals surface area (Å²) >= 11 is 0. The Hall–Kier alpha value is -1.47. The average Bonchev–Trinajstić information content (AvgIpc) is 2.55. The van der Waals surface area contributed by atoms with Gasteiger partial charge in [-0.25, -0.2) is 0 Å². The molecule has 150 valence electrons. The van der Waals surface area contributed by atoms with Crippen LogP contribution in [0.15, 0.2) is 0 Å². The van der Waals surface area contributed by atoms with Crippen molar-refractivity contribution < 1.29 is 26.7 Å². The molecule has 0 aromatic heterocycles. The molecule has 0 saturated heterocycles. The highest BCUT2D eigenvalue weighted by atomic mass is 16.5. The Morgan fingerprint density at radius 2 is 1.68 bits per heavy atom. The van der Waals surface area contributed by atoms with E-state index in [4.69, 9.17) is 9.47 Å². The van der Waals surface area contributed by atoms with E-state index in [-0.39, 0.29) is 38.8 Å². The van der Waals surface area contributed by atoms with E-state index in [0.717, 1.165) is 0 Å². The van der Waals surface area contributed by atoms with Crippen LogP contribution in [0.5, 0.6) is 0 Å². The highest BCUT2D eigenvalue weighted by Crippen LogP contribution is 2.27. The Morgan fingerprint density at radius 3 is 2.28 bits per heavy atom. The van der Waals surface area contributed by atoms with Crippen LogP contribution in [-0.2, 0) is 23.9 Å². The number of hydrogen-bond donors (Lipinski definition) is 2. The zero-order valence-electron chi connectivity index (χ0n) is 16.1. The van der Waals surface area contributed by atoms with Gasteiger partial charge >= 0.3 is 0 Å². The average molecular weight is 363 g/mol. The van der Waals surface area contributed by atoms with E-state index in [1.807, 2.05) is 20.8 Å². The maximum absolute atomic E-state index is 11.8. The van der Waals surface area contributed by atoms with Gasteiger partial charge in [-0.2, -0.15) is 0 Å². The van der Waals surface area contributed by atoms with Gasteiger partial charge in [-0.3, -0.25) is 14.4 Å². The van der Waals surface area contributed by atoms with Crippen LogP contribution in [0.2, 0.25) is 0 Å². The van der Waals surface area contributed by atoms with Gasteiger partial charge in [0.25, 0.3) is 0 Å². The van der Waals surface area contributed by atoms with Gasteiger partial charge in [0, 0.05) is 40.8 Å². The van der Waals surface area contributed by atoms with E-state index in [1.54, 1.807) is 0 Å². The molecular formula is C18H38N2O5. The molecule has 1 aliphatic carbocycles. The Bertz CT molecular complexity index is 405. The SMILES string of the molecule is CC.CCOCCNC(=O)C1CC(NC(=O)CCOCCC(C)=O)C1.[HH].[HH]. The van der Waals surface area contributed by atoms with Gasteiger partial charge < -0.3 is 20.1 Å². The third-order valence-corrected chi connectivity index (χ3v) is 3.70. The molecule has 7 nitrogen and oxygen atoms in total. The largest absolute Gasteiger partial charge is 0.380 e. The zero-order chi connectivity index (χ0) is 19.1. The van der Waals surface area contributed by atoms with Crippen molar-refractivity contribution in [3.8, 4) is 0 Å². The number of hydrogen-bond acceptors (Lipinski definition) is 5. The van der Waals surface area contributed by atoms with Gasteiger partial charge in [0.1, 0.15) is 5.78 Å². The second-order valence-corrected chi connectivity index (χ2v) is 5.74. The number of Topliss-reactive ketones (excluding diaryl/α,β-unsaturated/α-hetero) is 1. The minimum Gasteiger partial charge on any atom is -0.380 e. The first-order valence-corrected chi connectivity index (χ1v) is 9.25. The van der Waals surface area contributed by atoms with Crippen molar-refractivity contribution in [2.45, 2.75) is 59.4 Å². The van der Waals surface area contributed by atoms with Crippen molar-refractivity contribution in [2.24, 2.45) is 5.92 Å². The van der Waals surface area contributed by atoms with Gasteiger partial charge in [0.15, 0.2) is 0 Å². The first kappa shape index (κ1) is 23.5. The lowest BCUT2D eigenvalue weighted by molar-refractivity contribution is -0.131. The predicted octanol–water partition coefficient (Wildman–Crippen LogP) is 1.94. The van der Waals surface area contributed by atoms with Crippen molar-refractivity contribution in [1.29, 1.82) is 0 Å². The Kier molecular flexibility index (Phi) is 14.0. The summed E-state index contributed by atoms with van der Waals surface area (Å²) in [7, 11) is 0. The Labute approximate surface area is 154 Å². The Morgan fingerprint density at radius 1 is 1.04 bits per heavy atom. The van der Waals surface area contributed by atoms with Crippen molar-refractivity contribution >= 4 is 17.6 Å². The molecule has 0 aromatic carbocycles. The summed E-state index contributed by atoms with van der Waals surface area (Å²) in [6.07, 6.45) is 2.01. The van der Waals surface area contributed by atoms with Crippen LogP contribution in [0.4, 0.5) is 0 Å². The summed E-state index contributed by atoms with van der Waals surface area (Å²) in [5.41, 5.74) is 0. The van der Waals surface area contributed by atoms with Crippen molar-refractivity contribution in [2.75, 3.05) is 33.0 Å². The first-order valence-electron chi connectivity index (χ1n) is 9.25. The van der Waals surface area contributed by atoms with Crippen LogP contribution in [-0.4, -0.2) is 56.6 Å². The number of ether oxygens (including phenoxy) is 2. The molecule has 1 aliphatic rings. The van der Waals surface area contributed by atoms with Crippen LogP contribution in [0.3, 0.4) is 0 Å². The van der Waals surface area contributed by atoms with Crippen LogP contribution in [0, 0.1) is 5.92 Å². The third-order valence-electron chi connectivity index (χ3n) is 3.70. The van der Waals surface area contributed by atoms with Gasteiger partial charge in [0.05, 0.1) is 19.8 Å². The third kappa shape index (κ3) is 11.7. The lowest BCUT2D eigenvalue weighted by Gasteiger charge is -2.34. The van der Waals surface area contributed by atoms with Crippen LogP contribution in [0.1, 0.15) is 56.2 Å². The number of carbonyl (C=O) groups excluding carboxylic acids is 3. The number of nitrogens with one attached hydrogen (secondary N) is 2. The summed E-state index contributed by atoms with van der Waals surface area (Å²) in [6.45, 7) is 9.79. The van der Waals surface area contributed by atoms with Gasteiger partial charge in [-0.1, -0.05) is 13.8 Å². The van der Waals surface area contributed by atoms with Crippen molar-refractivity contribution in [1.82, 2.24) is 10.6 Å². The summed E-state index contributed by atoms with van der Waals surface area (Å²) in [5.74, 6) is 0.0130. The molecule has 0 bridgehead atoms. The number of ketones is 1. The monoisotopic (exact) mass is 362 g/mol. The van der Waals surface area contributed by atoms with Crippen molar-refractivity contribution in [3.63, 3.8) is 0 Å². The van der Waals surface area contributed by atoms with Crippen LogP contribution in [0.25, 0.3) is 0 Å². The van der Waals surface area contributed by atoms with E-state index in [0.29, 0.717) is 52.2 Å². The second kappa shape index (κ2) is 14.8. The fourth-order valence-electron chi connectivity index (χ4n) is 2.27.